The Bertz CT molecular complexity index is 1520. The number of amides is 1. The number of carbonyl (C=O) groups excluding carboxylic acids is 1. The Morgan fingerprint density at radius 3 is 2.09 bits per heavy atom. The molecule has 4 aliphatic rings. The van der Waals surface area contributed by atoms with Crippen LogP contribution in [0.5, 0.6) is 0 Å². The maximum absolute atomic E-state index is 14.5. The highest BCUT2D eigenvalue weighted by atomic mass is 16.6. The summed E-state index contributed by atoms with van der Waals surface area (Å²) < 4.78 is 6.32. The molecule has 3 aromatic carbocycles. The van der Waals surface area contributed by atoms with Crippen molar-refractivity contribution in [2.75, 3.05) is 11.9 Å². The van der Waals surface area contributed by atoms with Crippen LogP contribution < -0.4 is 5.32 Å². The molecule has 2 N–H and O–H groups in total. The molecule has 2 saturated carbocycles. The molecular formula is C39H46N2O4. The standard InChI is InChI=1S/C39H46N2O4/c1-38(2,3)39(36(42)43)23-26-11-10-18-34(26)41(35(39)25-19-21-28(22-20-25)40-27-12-4-5-13-27)37(44)45-24-33-31-16-8-6-14-29(31)30-15-7-9-17-32(30)33/h6-9,14-17,19-22,26-27,33-35,40H,4-5,10-13,18,23-24H2,1-3H3,(H,42,43). The van der Waals surface area contributed by atoms with E-state index in [0.29, 0.717) is 12.5 Å². The number of hydrogen-bond donors (Lipinski definition) is 2. The molecule has 1 amide bonds. The molecule has 0 spiro atoms. The normalized spacial score (nSPS) is 26.3. The van der Waals surface area contributed by atoms with E-state index in [1.807, 2.05) is 49.9 Å². The van der Waals surface area contributed by atoms with Crippen LogP contribution in [-0.2, 0) is 9.53 Å². The number of nitrogens with zero attached hydrogens (tertiary/aromatic N) is 1. The van der Waals surface area contributed by atoms with Crippen molar-refractivity contribution in [1.82, 2.24) is 4.90 Å². The van der Waals surface area contributed by atoms with Crippen LogP contribution >= 0.6 is 0 Å². The number of carbonyl (C=O) groups is 2. The zero-order valence-corrected chi connectivity index (χ0v) is 26.8. The van der Waals surface area contributed by atoms with Gasteiger partial charge in [0, 0.05) is 23.7 Å². The summed E-state index contributed by atoms with van der Waals surface area (Å²) in [7, 11) is 0. The van der Waals surface area contributed by atoms with Gasteiger partial charge in [-0.1, -0.05) is 101 Å². The van der Waals surface area contributed by atoms with Crippen molar-refractivity contribution in [3.8, 4) is 11.1 Å². The number of likely N-dealkylation sites (tertiary alicyclic amines) is 1. The van der Waals surface area contributed by atoms with Gasteiger partial charge in [-0.25, -0.2) is 4.79 Å². The number of ether oxygens (including phenoxy) is 1. The highest BCUT2D eigenvalue weighted by Gasteiger charge is 2.64. The van der Waals surface area contributed by atoms with Crippen LogP contribution in [0, 0.1) is 16.7 Å². The Kier molecular flexibility index (Phi) is 7.66. The van der Waals surface area contributed by atoms with Crippen LogP contribution in [-0.4, -0.2) is 40.8 Å². The van der Waals surface area contributed by atoms with Crippen LogP contribution in [0.15, 0.2) is 72.8 Å². The lowest BCUT2D eigenvalue weighted by Crippen LogP contribution is -2.62. The van der Waals surface area contributed by atoms with Crippen molar-refractivity contribution in [3.63, 3.8) is 0 Å². The van der Waals surface area contributed by atoms with Crippen molar-refractivity contribution in [3.05, 3.63) is 89.5 Å². The Morgan fingerprint density at radius 2 is 1.49 bits per heavy atom. The molecule has 1 saturated heterocycles. The van der Waals surface area contributed by atoms with E-state index in [-0.39, 0.29) is 24.5 Å². The van der Waals surface area contributed by atoms with Crippen LogP contribution in [0.3, 0.4) is 0 Å². The second-order valence-electron chi connectivity index (χ2n) is 14.9. The van der Waals surface area contributed by atoms with E-state index in [4.69, 9.17) is 4.74 Å². The van der Waals surface area contributed by atoms with Gasteiger partial charge in [0.05, 0.1) is 11.5 Å². The second kappa shape index (κ2) is 11.5. The zero-order chi connectivity index (χ0) is 31.3. The quantitative estimate of drug-likeness (QED) is 0.293. The average molecular weight is 607 g/mol. The van der Waals surface area contributed by atoms with E-state index in [9.17, 15) is 14.7 Å². The molecule has 3 aromatic rings. The number of rotatable bonds is 6. The third kappa shape index (κ3) is 5.01. The van der Waals surface area contributed by atoms with Gasteiger partial charge < -0.3 is 15.2 Å². The van der Waals surface area contributed by atoms with Crippen molar-refractivity contribution < 1.29 is 19.4 Å². The molecule has 4 atom stereocenters. The highest BCUT2D eigenvalue weighted by molar-refractivity contribution is 5.81. The zero-order valence-electron chi connectivity index (χ0n) is 26.8. The molecule has 1 aliphatic heterocycles. The molecule has 236 valence electrons. The largest absolute Gasteiger partial charge is 0.481 e. The third-order valence-electron chi connectivity index (χ3n) is 11.5. The fourth-order valence-electron chi connectivity index (χ4n) is 9.24. The summed E-state index contributed by atoms with van der Waals surface area (Å²) >= 11 is 0. The summed E-state index contributed by atoms with van der Waals surface area (Å²) in [4.78, 5) is 30.0. The van der Waals surface area contributed by atoms with E-state index in [1.165, 1.54) is 47.9 Å². The Morgan fingerprint density at radius 1 is 0.867 bits per heavy atom. The van der Waals surface area contributed by atoms with Gasteiger partial charge in [0.15, 0.2) is 0 Å². The van der Waals surface area contributed by atoms with Gasteiger partial charge in [0.1, 0.15) is 6.61 Å². The molecule has 7 rings (SSSR count). The number of piperidine rings is 1. The number of anilines is 1. The summed E-state index contributed by atoms with van der Waals surface area (Å²) in [6.45, 7) is 6.28. The smallest absolute Gasteiger partial charge is 0.410 e. The molecule has 4 unspecified atom stereocenters. The summed E-state index contributed by atoms with van der Waals surface area (Å²) in [6, 6.07) is 24.7. The van der Waals surface area contributed by atoms with Gasteiger partial charge >= 0.3 is 12.1 Å². The van der Waals surface area contributed by atoms with Crippen LogP contribution in [0.2, 0.25) is 0 Å². The second-order valence-corrected chi connectivity index (χ2v) is 14.9. The van der Waals surface area contributed by atoms with Gasteiger partial charge in [-0.2, -0.15) is 0 Å². The summed E-state index contributed by atoms with van der Waals surface area (Å²) in [6.07, 6.45) is 7.79. The molecule has 0 radical (unpaired) electrons. The lowest BCUT2D eigenvalue weighted by atomic mass is 9.54. The summed E-state index contributed by atoms with van der Waals surface area (Å²) in [5, 5.41) is 14.8. The number of nitrogens with one attached hydrogen (secondary N) is 1. The van der Waals surface area contributed by atoms with Crippen LogP contribution in [0.1, 0.15) is 101 Å². The van der Waals surface area contributed by atoms with Gasteiger partial charge in [-0.3, -0.25) is 9.69 Å². The van der Waals surface area contributed by atoms with E-state index >= 15 is 0 Å². The van der Waals surface area contributed by atoms with Crippen molar-refractivity contribution in [1.29, 1.82) is 0 Å². The maximum atomic E-state index is 14.5. The first-order valence-corrected chi connectivity index (χ1v) is 16.9. The predicted octanol–water partition coefficient (Wildman–Crippen LogP) is 9.02. The number of carboxylic acid groups (broad SMARTS) is 1. The fraction of sp³-hybridized carbons (Fsp3) is 0.487. The SMILES string of the molecule is CC(C)(C)C1(C(=O)O)CC2CCCC2N(C(=O)OCC2c3ccccc3-c3ccccc32)C1c1ccc(NC2CCCC2)cc1. The number of hydrogen-bond acceptors (Lipinski definition) is 4. The van der Waals surface area contributed by atoms with Gasteiger partial charge in [0.25, 0.3) is 0 Å². The van der Waals surface area contributed by atoms with E-state index in [2.05, 4.69) is 53.8 Å². The minimum absolute atomic E-state index is 0.0447. The van der Waals surface area contributed by atoms with Crippen molar-refractivity contribution >= 4 is 17.7 Å². The van der Waals surface area contributed by atoms with Crippen LogP contribution in [0.25, 0.3) is 11.1 Å². The Labute approximate surface area is 267 Å². The summed E-state index contributed by atoms with van der Waals surface area (Å²) in [5.74, 6) is -0.771. The Balaban J connectivity index is 1.25. The first kappa shape index (κ1) is 29.9. The topological polar surface area (TPSA) is 78.9 Å². The molecule has 45 heavy (non-hydrogen) atoms. The molecular weight excluding hydrogens is 560 g/mol. The van der Waals surface area contributed by atoms with Crippen molar-refractivity contribution in [2.24, 2.45) is 16.7 Å². The number of aliphatic carboxylic acids is 1. The van der Waals surface area contributed by atoms with E-state index < -0.39 is 28.9 Å². The highest BCUT2D eigenvalue weighted by Crippen LogP contribution is 2.61. The first-order chi connectivity index (χ1) is 21.7. The predicted molar refractivity (Wildman–Crippen MR) is 177 cm³/mol. The third-order valence-corrected chi connectivity index (χ3v) is 11.5. The van der Waals surface area contributed by atoms with Gasteiger partial charge in [-0.05, 0) is 83.4 Å². The maximum Gasteiger partial charge on any atom is 0.410 e. The monoisotopic (exact) mass is 606 g/mol. The van der Waals surface area contributed by atoms with Gasteiger partial charge in [-0.15, -0.1) is 0 Å². The van der Waals surface area contributed by atoms with Crippen LogP contribution in [0.4, 0.5) is 10.5 Å². The molecule has 6 heteroatoms. The molecule has 0 aromatic heterocycles. The van der Waals surface area contributed by atoms with E-state index in [0.717, 1.165) is 30.5 Å². The van der Waals surface area contributed by atoms with E-state index in [1.54, 1.807) is 0 Å². The number of carboxylic acids is 1. The summed E-state index contributed by atoms with van der Waals surface area (Å²) in [5.41, 5.74) is 4.83. The molecule has 1 heterocycles. The average Bonchev–Trinajstić information content (AvgIpc) is 3.78. The molecule has 0 bridgehead atoms. The molecule has 3 aliphatic carbocycles. The molecule has 6 nitrogen and oxygen atoms in total. The number of fused-ring (bicyclic) bond motifs is 4. The number of benzene rings is 3. The van der Waals surface area contributed by atoms with Gasteiger partial charge in [0.2, 0.25) is 0 Å². The minimum atomic E-state index is -1.18. The van der Waals surface area contributed by atoms with Crippen molar-refractivity contribution in [2.45, 2.75) is 96.2 Å². The first-order valence-electron chi connectivity index (χ1n) is 16.9. The Hall–Kier alpha value is -3.80. The molecule has 3 fully saturated rings. The fourth-order valence-corrected chi connectivity index (χ4v) is 9.24. The lowest BCUT2D eigenvalue weighted by Gasteiger charge is -2.57. The minimum Gasteiger partial charge on any atom is -0.481 e. The lowest BCUT2D eigenvalue weighted by molar-refractivity contribution is -0.176.